The third kappa shape index (κ3) is 5.05. The van der Waals surface area contributed by atoms with E-state index in [9.17, 15) is 14.4 Å². The van der Waals surface area contributed by atoms with Gasteiger partial charge >= 0.3 is 0 Å². The lowest BCUT2D eigenvalue weighted by atomic mass is 9.80. The summed E-state index contributed by atoms with van der Waals surface area (Å²) < 4.78 is 5.16. The molecule has 2 N–H and O–H groups in total. The second-order valence-electron chi connectivity index (χ2n) is 6.86. The number of furan rings is 1. The SMILES string of the molecule is CC(C)[C@@H](C=O)NC(=O)C1(NC(=O)/C=C/c2ccco2)CCCCC1. The first kappa shape index (κ1) is 19.0. The van der Waals surface area contributed by atoms with Crippen LogP contribution < -0.4 is 10.6 Å². The Kier molecular flexibility index (Phi) is 6.56. The number of aldehydes is 1. The number of carbonyl (C=O) groups excluding carboxylic acids is 3. The smallest absolute Gasteiger partial charge is 0.246 e. The van der Waals surface area contributed by atoms with Crippen molar-refractivity contribution < 1.29 is 18.8 Å². The average molecular weight is 346 g/mol. The molecular weight excluding hydrogens is 320 g/mol. The van der Waals surface area contributed by atoms with Gasteiger partial charge in [0.15, 0.2) is 0 Å². The molecule has 1 aromatic rings. The normalized spacial score (nSPS) is 18.0. The molecule has 0 unspecified atom stereocenters. The van der Waals surface area contributed by atoms with Crippen LogP contribution in [0.25, 0.3) is 6.08 Å². The largest absolute Gasteiger partial charge is 0.465 e. The molecule has 6 heteroatoms. The number of nitrogens with one attached hydrogen (secondary N) is 2. The molecule has 1 saturated carbocycles. The molecule has 1 aliphatic rings. The molecule has 6 nitrogen and oxygen atoms in total. The van der Waals surface area contributed by atoms with E-state index in [-0.39, 0.29) is 17.7 Å². The van der Waals surface area contributed by atoms with Crippen LogP contribution in [0.5, 0.6) is 0 Å². The molecule has 0 spiro atoms. The van der Waals surface area contributed by atoms with Gasteiger partial charge in [0.2, 0.25) is 11.8 Å². The monoisotopic (exact) mass is 346 g/mol. The summed E-state index contributed by atoms with van der Waals surface area (Å²) in [4.78, 5) is 36.4. The van der Waals surface area contributed by atoms with Gasteiger partial charge in [0.1, 0.15) is 17.6 Å². The Hall–Kier alpha value is -2.37. The van der Waals surface area contributed by atoms with Crippen molar-refractivity contribution >= 4 is 24.2 Å². The van der Waals surface area contributed by atoms with E-state index < -0.39 is 11.6 Å². The average Bonchev–Trinajstić information content (AvgIpc) is 3.11. The van der Waals surface area contributed by atoms with Gasteiger partial charge in [-0.1, -0.05) is 33.1 Å². The zero-order chi connectivity index (χ0) is 18.3. The van der Waals surface area contributed by atoms with E-state index in [4.69, 9.17) is 4.42 Å². The Morgan fingerprint density at radius 1 is 1.24 bits per heavy atom. The molecule has 136 valence electrons. The van der Waals surface area contributed by atoms with Gasteiger partial charge in [-0.05, 0) is 37.0 Å². The molecule has 0 bridgehead atoms. The summed E-state index contributed by atoms with van der Waals surface area (Å²) in [7, 11) is 0. The molecule has 1 atom stereocenters. The highest BCUT2D eigenvalue weighted by molar-refractivity contribution is 5.98. The van der Waals surface area contributed by atoms with Crippen LogP contribution in [0, 0.1) is 5.92 Å². The number of carbonyl (C=O) groups is 3. The van der Waals surface area contributed by atoms with E-state index in [0.717, 1.165) is 25.5 Å². The summed E-state index contributed by atoms with van der Waals surface area (Å²) >= 11 is 0. The molecule has 2 amide bonds. The standard InChI is InChI=1S/C19H26N2O4/c1-14(2)16(13-22)20-18(24)19(10-4-3-5-11-19)21-17(23)9-8-15-7-6-12-25-15/h6-9,12-14,16H,3-5,10-11H2,1-2H3,(H,20,24)(H,21,23)/b9-8+/t16-/m1/s1. The molecule has 0 aromatic carbocycles. The summed E-state index contributed by atoms with van der Waals surface area (Å²) in [5, 5.41) is 5.65. The summed E-state index contributed by atoms with van der Waals surface area (Å²) in [5.74, 6) is -0.0619. The van der Waals surface area contributed by atoms with Crippen LogP contribution in [0.2, 0.25) is 0 Å². The predicted octanol–water partition coefficient (Wildman–Crippen LogP) is 2.45. The highest BCUT2D eigenvalue weighted by Crippen LogP contribution is 2.29. The molecule has 1 aromatic heterocycles. The highest BCUT2D eigenvalue weighted by atomic mass is 16.3. The fourth-order valence-electron chi connectivity index (χ4n) is 3.03. The van der Waals surface area contributed by atoms with Gasteiger partial charge in [0.05, 0.1) is 12.3 Å². The van der Waals surface area contributed by atoms with Crippen molar-refractivity contribution in [3.8, 4) is 0 Å². The third-order valence-electron chi connectivity index (χ3n) is 4.61. The second-order valence-corrected chi connectivity index (χ2v) is 6.86. The van der Waals surface area contributed by atoms with Gasteiger partial charge in [-0.2, -0.15) is 0 Å². The molecule has 1 fully saturated rings. The Morgan fingerprint density at radius 2 is 1.96 bits per heavy atom. The maximum atomic E-state index is 12.8. The Labute approximate surface area is 148 Å². The molecule has 1 aliphatic carbocycles. The van der Waals surface area contributed by atoms with Crippen LogP contribution in [0.1, 0.15) is 51.7 Å². The zero-order valence-electron chi connectivity index (χ0n) is 14.8. The lowest BCUT2D eigenvalue weighted by molar-refractivity contribution is -0.135. The van der Waals surface area contributed by atoms with Gasteiger partial charge in [-0.25, -0.2) is 0 Å². The fourth-order valence-corrected chi connectivity index (χ4v) is 3.03. The summed E-state index contributed by atoms with van der Waals surface area (Å²) in [6, 6.07) is 2.92. The topological polar surface area (TPSA) is 88.4 Å². The molecule has 25 heavy (non-hydrogen) atoms. The molecule has 0 saturated heterocycles. The summed E-state index contributed by atoms with van der Waals surface area (Å²) in [6.07, 6.45) is 9.11. The van der Waals surface area contributed by atoms with Crippen molar-refractivity contribution in [2.24, 2.45) is 5.92 Å². The molecule has 0 aliphatic heterocycles. The fraction of sp³-hybridized carbons (Fsp3) is 0.526. The summed E-state index contributed by atoms with van der Waals surface area (Å²) in [6.45, 7) is 3.75. The van der Waals surface area contributed by atoms with Gasteiger partial charge in [-0.15, -0.1) is 0 Å². The minimum Gasteiger partial charge on any atom is -0.465 e. The number of amides is 2. The van der Waals surface area contributed by atoms with Gasteiger partial charge in [-0.3, -0.25) is 9.59 Å². The van der Waals surface area contributed by atoms with E-state index in [0.29, 0.717) is 18.6 Å². The van der Waals surface area contributed by atoms with Crippen LogP contribution in [0.4, 0.5) is 0 Å². The van der Waals surface area contributed by atoms with Crippen molar-refractivity contribution in [1.29, 1.82) is 0 Å². The van der Waals surface area contributed by atoms with Crippen LogP contribution in [0.15, 0.2) is 28.9 Å². The van der Waals surface area contributed by atoms with Gasteiger partial charge in [0, 0.05) is 6.08 Å². The maximum Gasteiger partial charge on any atom is 0.246 e. The highest BCUT2D eigenvalue weighted by Gasteiger charge is 2.41. The Morgan fingerprint density at radius 3 is 2.52 bits per heavy atom. The number of hydrogen-bond acceptors (Lipinski definition) is 4. The van der Waals surface area contributed by atoms with Crippen molar-refractivity contribution in [1.82, 2.24) is 10.6 Å². The molecule has 2 rings (SSSR count). The Bertz CT molecular complexity index is 613. The zero-order valence-corrected chi connectivity index (χ0v) is 14.8. The minimum atomic E-state index is -0.959. The van der Waals surface area contributed by atoms with Crippen molar-refractivity contribution in [2.45, 2.75) is 57.5 Å². The first-order chi connectivity index (χ1) is 12.0. The van der Waals surface area contributed by atoms with Crippen molar-refractivity contribution in [2.75, 3.05) is 0 Å². The first-order valence-electron chi connectivity index (χ1n) is 8.77. The van der Waals surface area contributed by atoms with Gasteiger partial charge < -0.3 is 19.8 Å². The van der Waals surface area contributed by atoms with E-state index in [1.54, 1.807) is 18.2 Å². The molecule has 0 radical (unpaired) electrons. The van der Waals surface area contributed by atoms with E-state index in [1.807, 2.05) is 13.8 Å². The van der Waals surface area contributed by atoms with Crippen molar-refractivity contribution in [3.63, 3.8) is 0 Å². The quantitative estimate of drug-likeness (QED) is 0.586. The lowest BCUT2D eigenvalue weighted by Gasteiger charge is -2.37. The molecular formula is C19H26N2O4. The maximum absolute atomic E-state index is 12.8. The second kappa shape index (κ2) is 8.65. The van der Waals surface area contributed by atoms with E-state index in [1.165, 1.54) is 12.3 Å². The van der Waals surface area contributed by atoms with Gasteiger partial charge in [0.25, 0.3) is 0 Å². The van der Waals surface area contributed by atoms with E-state index in [2.05, 4.69) is 10.6 Å². The first-order valence-corrected chi connectivity index (χ1v) is 8.77. The van der Waals surface area contributed by atoms with Crippen LogP contribution in [0.3, 0.4) is 0 Å². The van der Waals surface area contributed by atoms with Crippen LogP contribution >= 0.6 is 0 Å². The number of rotatable bonds is 7. The minimum absolute atomic E-state index is 0.00311. The lowest BCUT2D eigenvalue weighted by Crippen LogP contribution is -2.61. The predicted molar refractivity (Wildman–Crippen MR) is 94.5 cm³/mol. The van der Waals surface area contributed by atoms with Crippen LogP contribution in [-0.4, -0.2) is 29.7 Å². The van der Waals surface area contributed by atoms with Crippen molar-refractivity contribution in [3.05, 3.63) is 30.2 Å². The number of hydrogen-bond donors (Lipinski definition) is 2. The summed E-state index contributed by atoms with van der Waals surface area (Å²) in [5.41, 5.74) is -0.959. The third-order valence-corrected chi connectivity index (χ3v) is 4.61. The van der Waals surface area contributed by atoms with Crippen LogP contribution in [-0.2, 0) is 14.4 Å². The molecule has 1 heterocycles. The van der Waals surface area contributed by atoms with E-state index >= 15 is 0 Å². The Balaban J connectivity index is 2.09.